The number of benzene rings is 1. The predicted molar refractivity (Wildman–Crippen MR) is 107 cm³/mol. The van der Waals surface area contributed by atoms with Crippen molar-refractivity contribution in [1.29, 1.82) is 0 Å². The van der Waals surface area contributed by atoms with E-state index in [0.717, 1.165) is 65.3 Å². The maximum atomic E-state index is 11.9. The molecule has 2 atom stereocenters. The number of methoxy groups -OCH3 is 1. The van der Waals surface area contributed by atoms with Gasteiger partial charge in [0.15, 0.2) is 0 Å². The van der Waals surface area contributed by atoms with Crippen LogP contribution in [0.1, 0.15) is 24.4 Å². The van der Waals surface area contributed by atoms with Gasteiger partial charge in [-0.15, -0.1) is 0 Å². The third kappa shape index (κ3) is 5.51. The topological polar surface area (TPSA) is 62.0 Å². The lowest BCUT2D eigenvalue weighted by Gasteiger charge is -2.43. The van der Waals surface area contributed by atoms with Crippen LogP contribution in [0.3, 0.4) is 0 Å². The molecule has 2 aliphatic heterocycles. The minimum atomic E-state index is -0.206. The molecule has 1 aromatic rings. The first-order valence-corrected chi connectivity index (χ1v) is 10.0. The molecule has 1 radical (unpaired) electrons. The summed E-state index contributed by atoms with van der Waals surface area (Å²) < 4.78 is 5.21. The number of carbonyl (C=O) groups is 1. The van der Waals surface area contributed by atoms with Gasteiger partial charge in [0.2, 0.25) is 5.91 Å². The van der Waals surface area contributed by atoms with Gasteiger partial charge in [0.1, 0.15) is 0 Å². The van der Waals surface area contributed by atoms with Crippen LogP contribution >= 0.6 is 0 Å². The quantitative estimate of drug-likeness (QED) is 0.741. The second kappa shape index (κ2) is 10.2. The van der Waals surface area contributed by atoms with Crippen LogP contribution in [0.25, 0.3) is 0 Å². The van der Waals surface area contributed by atoms with Crippen LogP contribution in [0.2, 0.25) is 0 Å². The summed E-state index contributed by atoms with van der Waals surface area (Å²) in [6.07, 6.45) is 3.98. The van der Waals surface area contributed by atoms with E-state index in [9.17, 15) is 4.79 Å². The van der Waals surface area contributed by atoms with Crippen molar-refractivity contribution in [1.82, 2.24) is 14.7 Å². The van der Waals surface area contributed by atoms with Gasteiger partial charge in [-0.25, -0.2) is 0 Å². The number of hydrogen-bond acceptors (Lipinski definition) is 5. The number of carbonyl (C=O) groups excluding carboxylic acids is 1. The zero-order valence-electron chi connectivity index (χ0n) is 16.4. The van der Waals surface area contributed by atoms with Crippen molar-refractivity contribution in [2.24, 2.45) is 5.73 Å². The first kappa shape index (κ1) is 20.3. The van der Waals surface area contributed by atoms with Crippen molar-refractivity contribution in [3.8, 4) is 0 Å². The van der Waals surface area contributed by atoms with E-state index in [-0.39, 0.29) is 18.0 Å². The van der Waals surface area contributed by atoms with Gasteiger partial charge < -0.3 is 10.5 Å². The maximum absolute atomic E-state index is 11.9. The summed E-state index contributed by atoms with van der Waals surface area (Å²) in [7, 11) is 1.76. The fraction of sp³-hybridized carbons (Fsp3) is 0.619. The Kier molecular flexibility index (Phi) is 7.64. The molecule has 1 aromatic carbocycles. The summed E-state index contributed by atoms with van der Waals surface area (Å²) in [6.45, 7) is 7.71. The number of ether oxygens (including phenoxy) is 1. The Balaban J connectivity index is 1.70. The third-order valence-corrected chi connectivity index (χ3v) is 5.83. The van der Waals surface area contributed by atoms with E-state index in [0.29, 0.717) is 0 Å². The third-order valence-electron chi connectivity index (χ3n) is 5.83. The van der Waals surface area contributed by atoms with Crippen LogP contribution in [0, 0.1) is 6.42 Å². The zero-order chi connectivity index (χ0) is 19.1. The Hall–Kier alpha value is -1.47. The van der Waals surface area contributed by atoms with Crippen molar-refractivity contribution in [3.63, 3.8) is 0 Å². The number of hydrogen-bond donors (Lipinski definition) is 1. The zero-order valence-corrected chi connectivity index (χ0v) is 16.4. The van der Waals surface area contributed by atoms with E-state index in [1.165, 1.54) is 5.56 Å². The van der Waals surface area contributed by atoms with E-state index in [1.54, 1.807) is 7.11 Å². The Bertz CT molecular complexity index is 575. The summed E-state index contributed by atoms with van der Waals surface area (Å²) >= 11 is 0. The number of rotatable bonds is 8. The lowest BCUT2D eigenvalue weighted by atomic mass is 9.98. The van der Waals surface area contributed by atoms with Crippen molar-refractivity contribution >= 4 is 5.91 Å². The predicted octanol–water partition coefficient (Wildman–Crippen LogP) is 1.15. The fourth-order valence-electron chi connectivity index (χ4n) is 4.20. The molecule has 0 spiro atoms. The molecule has 2 heterocycles. The van der Waals surface area contributed by atoms with Gasteiger partial charge in [-0.1, -0.05) is 30.3 Å². The highest BCUT2D eigenvalue weighted by Gasteiger charge is 2.32. The number of piperazine rings is 1. The van der Waals surface area contributed by atoms with Gasteiger partial charge in [0.05, 0.1) is 12.6 Å². The van der Waals surface area contributed by atoms with Crippen LogP contribution in [0.15, 0.2) is 30.3 Å². The molecule has 0 bridgehead atoms. The minimum absolute atomic E-state index is 0.173. The van der Waals surface area contributed by atoms with Gasteiger partial charge in [0.25, 0.3) is 0 Å². The number of amides is 1. The van der Waals surface area contributed by atoms with Crippen molar-refractivity contribution < 1.29 is 9.53 Å². The Morgan fingerprint density at radius 2 is 1.93 bits per heavy atom. The number of nitrogens with two attached hydrogens (primary N) is 1. The monoisotopic (exact) mass is 373 g/mol. The molecule has 2 fully saturated rings. The lowest BCUT2D eigenvalue weighted by molar-refractivity contribution is -0.124. The molecule has 149 valence electrons. The van der Waals surface area contributed by atoms with Crippen LogP contribution in [0.5, 0.6) is 0 Å². The first-order chi connectivity index (χ1) is 13.2. The van der Waals surface area contributed by atoms with Gasteiger partial charge >= 0.3 is 0 Å². The molecule has 2 unspecified atom stereocenters. The van der Waals surface area contributed by atoms with E-state index >= 15 is 0 Å². The highest BCUT2D eigenvalue weighted by atomic mass is 16.5. The second-order valence-corrected chi connectivity index (χ2v) is 7.52. The number of likely N-dealkylation sites (tertiary alicyclic amines) is 1. The van der Waals surface area contributed by atoms with Crippen LogP contribution in [-0.4, -0.2) is 86.2 Å². The molecule has 3 rings (SSSR count). The van der Waals surface area contributed by atoms with Crippen LogP contribution in [-0.2, 0) is 9.53 Å². The second-order valence-electron chi connectivity index (χ2n) is 7.52. The number of primary amides is 1. The van der Waals surface area contributed by atoms with Crippen molar-refractivity contribution in [3.05, 3.63) is 42.3 Å². The van der Waals surface area contributed by atoms with Gasteiger partial charge in [0, 0.05) is 52.4 Å². The average molecular weight is 374 g/mol. The molecule has 0 aromatic heterocycles. The summed E-state index contributed by atoms with van der Waals surface area (Å²) in [5.41, 5.74) is 7.00. The Labute approximate surface area is 163 Å². The molecule has 2 N–H and O–H groups in total. The lowest BCUT2D eigenvalue weighted by Crippen LogP contribution is -2.54. The molecule has 2 saturated heterocycles. The van der Waals surface area contributed by atoms with Crippen molar-refractivity contribution in [2.75, 3.05) is 59.5 Å². The first-order valence-electron chi connectivity index (χ1n) is 10.0. The molecule has 0 saturated carbocycles. The van der Waals surface area contributed by atoms with Gasteiger partial charge in [-0.05, 0) is 31.4 Å². The summed E-state index contributed by atoms with van der Waals surface area (Å²) in [6, 6.07) is 10.8. The van der Waals surface area contributed by atoms with E-state index < -0.39 is 0 Å². The summed E-state index contributed by atoms with van der Waals surface area (Å²) in [5.74, 6) is -0.206. The fourth-order valence-corrected chi connectivity index (χ4v) is 4.20. The van der Waals surface area contributed by atoms with Crippen molar-refractivity contribution in [2.45, 2.75) is 24.9 Å². The van der Waals surface area contributed by atoms with E-state index in [2.05, 4.69) is 51.5 Å². The molecular weight excluding hydrogens is 340 g/mol. The molecule has 1 amide bonds. The average Bonchev–Trinajstić information content (AvgIpc) is 2.72. The smallest absolute Gasteiger partial charge is 0.234 e. The van der Waals surface area contributed by atoms with Crippen LogP contribution < -0.4 is 5.73 Å². The molecule has 27 heavy (non-hydrogen) atoms. The Morgan fingerprint density at radius 3 is 2.59 bits per heavy atom. The maximum Gasteiger partial charge on any atom is 0.234 e. The standard InChI is InChI=1S/C21H33N4O2/c1-27-16-15-23-11-13-24(14-12-23)20(18-7-3-2-4-8-18)17-25-10-6-5-9-19(25)21(22)26/h2-5,7-8,19-20H,6,9-17H2,1H3,(H2,22,26). The number of piperidine rings is 1. The summed E-state index contributed by atoms with van der Waals surface area (Å²) in [4.78, 5) is 19.2. The van der Waals surface area contributed by atoms with E-state index in [1.807, 2.05) is 0 Å². The van der Waals surface area contributed by atoms with Gasteiger partial charge in [-0.2, -0.15) is 0 Å². The van der Waals surface area contributed by atoms with Crippen LogP contribution in [0.4, 0.5) is 0 Å². The van der Waals surface area contributed by atoms with Gasteiger partial charge in [-0.3, -0.25) is 19.5 Å². The molecule has 6 nitrogen and oxygen atoms in total. The molecule has 6 heteroatoms. The Morgan fingerprint density at radius 1 is 1.19 bits per heavy atom. The molecule has 0 aliphatic carbocycles. The minimum Gasteiger partial charge on any atom is -0.383 e. The highest BCUT2D eigenvalue weighted by molar-refractivity contribution is 5.80. The normalized spacial score (nSPS) is 24.0. The molecule has 2 aliphatic rings. The SMILES string of the molecule is COCCN1CCN(C(CN2CC[CH]CC2C(N)=O)c2ccccc2)CC1. The summed E-state index contributed by atoms with van der Waals surface area (Å²) in [5, 5.41) is 0. The highest BCUT2D eigenvalue weighted by Crippen LogP contribution is 2.26. The van der Waals surface area contributed by atoms with E-state index in [4.69, 9.17) is 10.5 Å². The number of nitrogens with zero attached hydrogens (tertiary/aromatic N) is 3. The largest absolute Gasteiger partial charge is 0.383 e. The molecular formula is C21H33N4O2.